The number of rotatable bonds is 6. The van der Waals surface area contributed by atoms with Crippen LogP contribution >= 0.6 is 11.3 Å². The number of nitrogens with one attached hydrogen (secondary N) is 1. The average molecular weight is 393 g/mol. The van der Waals surface area contributed by atoms with Gasteiger partial charge in [-0.2, -0.15) is 4.31 Å². The van der Waals surface area contributed by atoms with Gasteiger partial charge in [0.2, 0.25) is 10.0 Å². The molecule has 1 aromatic carbocycles. The van der Waals surface area contributed by atoms with Crippen LogP contribution in [0.2, 0.25) is 0 Å². The van der Waals surface area contributed by atoms with Crippen LogP contribution in [-0.4, -0.2) is 37.8 Å². The third kappa shape index (κ3) is 4.34. The highest BCUT2D eigenvalue weighted by molar-refractivity contribution is 7.89. The summed E-state index contributed by atoms with van der Waals surface area (Å²) in [5, 5.41) is 4.77. The topological polar surface area (TPSA) is 66.5 Å². The van der Waals surface area contributed by atoms with Gasteiger partial charge in [-0.3, -0.25) is 4.79 Å². The van der Waals surface area contributed by atoms with Crippen LogP contribution in [0.1, 0.15) is 40.9 Å². The Labute approximate surface area is 159 Å². The lowest BCUT2D eigenvalue weighted by molar-refractivity contribution is 0.0953. The molecule has 0 aliphatic carbocycles. The Morgan fingerprint density at radius 3 is 2.69 bits per heavy atom. The summed E-state index contributed by atoms with van der Waals surface area (Å²) in [6.45, 7) is 2.96. The zero-order valence-electron chi connectivity index (χ0n) is 14.8. The minimum absolute atomic E-state index is 0.0707. The lowest BCUT2D eigenvalue weighted by Crippen LogP contribution is -2.45. The van der Waals surface area contributed by atoms with Crippen LogP contribution in [0.25, 0.3) is 0 Å². The number of thiophene rings is 1. The molecule has 3 rings (SSSR count). The molecule has 7 heteroatoms. The second-order valence-corrected chi connectivity index (χ2v) is 9.44. The molecule has 1 unspecified atom stereocenters. The Hall–Kier alpha value is -1.70. The number of aryl methyl sites for hydroxylation is 1. The standard InChI is InChI=1S/C19H24N2O3S2/c1-15-7-9-17(10-8-15)26(23,24)21-13-3-2-5-16(21)11-12-20-19(22)18-6-4-14-25-18/h4,6-10,14,16H,2-3,5,11-13H2,1H3,(H,20,22). The molecule has 2 heterocycles. The first-order valence-corrected chi connectivity index (χ1v) is 11.2. The van der Waals surface area contributed by atoms with E-state index in [1.165, 1.54) is 11.3 Å². The molecule has 0 bridgehead atoms. The highest BCUT2D eigenvalue weighted by Crippen LogP contribution is 2.27. The molecule has 1 aromatic heterocycles. The van der Waals surface area contributed by atoms with Gasteiger partial charge < -0.3 is 5.32 Å². The first-order valence-electron chi connectivity index (χ1n) is 8.89. The SMILES string of the molecule is Cc1ccc(S(=O)(=O)N2CCCCC2CCNC(=O)c2cccs2)cc1. The van der Waals surface area contributed by atoms with Gasteiger partial charge in [0.1, 0.15) is 0 Å². The molecule has 0 saturated carbocycles. The van der Waals surface area contributed by atoms with Gasteiger partial charge in [-0.25, -0.2) is 8.42 Å². The maximum absolute atomic E-state index is 13.0. The van der Waals surface area contributed by atoms with E-state index in [1.54, 1.807) is 22.5 Å². The van der Waals surface area contributed by atoms with Crippen molar-refractivity contribution in [2.75, 3.05) is 13.1 Å². The fourth-order valence-corrected chi connectivity index (χ4v) is 5.64. The molecule has 0 spiro atoms. The average Bonchev–Trinajstić information content (AvgIpc) is 3.17. The van der Waals surface area contributed by atoms with Gasteiger partial charge in [-0.15, -0.1) is 11.3 Å². The second kappa shape index (κ2) is 8.33. The fraction of sp³-hybridized carbons (Fsp3) is 0.421. The summed E-state index contributed by atoms with van der Waals surface area (Å²) in [4.78, 5) is 13.1. The van der Waals surface area contributed by atoms with Crippen molar-refractivity contribution in [1.82, 2.24) is 9.62 Å². The second-order valence-electron chi connectivity index (χ2n) is 6.60. The normalized spacial score (nSPS) is 18.6. The molecule has 140 valence electrons. The lowest BCUT2D eigenvalue weighted by Gasteiger charge is -2.34. The molecule has 26 heavy (non-hydrogen) atoms. The molecular formula is C19H24N2O3S2. The molecule has 1 amide bonds. The van der Waals surface area contributed by atoms with Crippen LogP contribution in [0.4, 0.5) is 0 Å². The third-order valence-electron chi connectivity index (χ3n) is 4.71. The summed E-state index contributed by atoms with van der Waals surface area (Å²) < 4.78 is 27.7. The summed E-state index contributed by atoms with van der Waals surface area (Å²) >= 11 is 1.40. The van der Waals surface area contributed by atoms with E-state index in [2.05, 4.69) is 5.32 Å². The zero-order chi connectivity index (χ0) is 18.6. The molecule has 1 aliphatic rings. The van der Waals surface area contributed by atoms with E-state index < -0.39 is 10.0 Å². The maximum Gasteiger partial charge on any atom is 0.261 e. The number of amides is 1. The number of sulfonamides is 1. The number of piperidine rings is 1. The van der Waals surface area contributed by atoms with Gasteiger partial charge in [0, 0.05) is 19.1 Å². The van der Waals surface area contributed by atoms with Crippen molar-refractivity contribution in [3.8, 4) is 0 Å². The van der Waals surface area contributed by atoms with E-state index in [-0.39, 0.29) is 11.9 Å². The van der Waals surface area contributed by atoms with Crippen molar-refractivity contribution < 1.29 is 13.2 Å². The van der Waals surface area contributed by atoms with Crippen molar-refractivity contribution in [1.29, 1.82) is 0 Å². The molecule has 5 nitrogen and oxygen atoms in total. The van der Waals surface area contributed by atoms with Crippen molar-refractivity contribution in [3.63, 3.8) is 0 Å². The molecule has 1 atom stereocenters. The van der Waals surface area contributed by atoms with Gasteiger partial charge in [0.05, 0.1) is 9.77 Å². The number of hydrogen-bond acceptors (Lipinski definition) is 4. The van der Waals surface area contributed by atoms with Gasteiger partial charge in [0.25, 0.3) is 5.91 Å². The Balaban J connectivity index is 1.65. The molecule has 1 fully saturated rings. The van der Waals surface area contributed by atoms with Gasteiger partial charge in [-0.05, 0) is 49.8 Å². The van der Waals surface area contributed by atoms with Crippen LogP contribution in [0, 0.1) is 6.92 Å². The molecule has 1 aliphatic heterocycles. The predicted octanol–water partition coefficient (Wildman–Crippen LogP) is 3.42. The van der Waals surface area contributed by atoms with Crippen LogP contribution in [-0.2, 0) is 10.0 Å². The summed E-state index contributed by atoms with van der Waals surface area (Å²) in [6, 6.07) is 10.6. The Morgan fingerprint density at radius 2 is 2.00 bits per heavy atom. The Kier molecular flexibility index (Phi) is 6.11. The summed E-state index contributed by atoms with van der Waals surface area (Å²) in [6.07, 6.45) is 3.36. The largest absolute Gasteiger partial charge is 0.351 e. The van der Waals surface area contributed by atoms with Crippen molar-refractivity contribution in [2.24, 2.45) is 0 Å². The first-order chi connectivity index (χ1) is 12.5. The Bertz CT molecular complexity index is 830. The van der Waals surface area contributed by atoms with Gasteiger partial charge in [-0.1, -0.05) is 30.2 Å². The molecular weight excluding hydrogens is 368 g/mol. The zero-order valence-corrected chi connectivity index (χ0v) is 16.5. The highest BCUT2D eigenvalue weighted by Gasteiger charge is 2.33. The summed E-state index contributed by atoms with van der Waals surface area (Å²) in [5.41, 5.74) is 1.04. The van der Waals surface area contributed by atoms with E-state index in [9.17, 15) is 13.2 Å². The summed E-state index contributed by atoms with van der Waals surface area (Å²) in [5.74, 6) is -0.0937. The van der Waals surface area contributed by atoms with E-state index in [0.29, 0.717) is 29.3 Å². The van der Waals surface area contributed by atoms with E-state index in [1.807, 2.05) is 30.5 Å². The fourth-order valence-electron chi connectivity index (χ4n) is 3.27. The van der Waals surface area contributed by atoms with Crippen molar-refractivity contribution in [2.45, 2.75) is 43.5 Å². The van der Waals surface area contributed by atoms with Crippen molar-refractivity contribution in [3.05, 3.63) is 52.2 Å². The van der Waals surface area contributed by atoms with Gasteiger partial charge >= 0.3 is 0 Å². The number of hydrogen-bond donors (Lipinski definition) is 1. The maximum atomic E-state index is 13.0. The van der Waals surface area contributed by atoms with E-state index >= 15 is 0 Å². The van der Waals surface area contributed by atoms with Crippen molar-refractivity contribution >= 4 is 27.3 Å². The minimum Gasteiger partial charge on any atom is -0.351 e. The predicted molar refractivity (Wildman–Crippen MR) is 104 cm³/mol. The molecule has 1 saturated heterocycles. The Morgan fingerprint density at radius 1 is 1.23 bits per heavy atom. The minimum atomic E-state index is -3.50. The van der Waals surface area contributed by atoms with E-state index in [0.717, 1.165) is 24.8 Å². The smallest absolute Gasteiger partial charge is 0.261 e. The summed E-state index contributed by atoms with van der Waals surface area (Å²) in [7, 11) is -3.50. The van der Waals surface area contributed by atoms with Crippen LogP contribution < -0.4 is 5.32 Å². The number of benzene rings is 1. The molecule has 2 aromatic rings. The monoisotopic (exact) mass is 392 g/mol. The molecule has 1 N–H and O–H groups in total. The number of carbonyl (C=O) groups excluding carboxylic acids is 1. The van der Waals surface area contributed by atoms with Gasteiger partial charge in [0.15, 0.2) is 0 Å². The quantitative estimate of drug-likeness (QED) is 0.819. The molecule has 0 radical (unpaired) electrons. The van der Waals surface area contributed by atoms with Crippen LogP contribution in [0.15, 0.2) is 46.7 Å². The lowest BCUT2D eigenvalue weighted by atomic mass is 10.0. The highest BCUT2D eigenvalue weighted by atomic mass is 32.2. The first kappa shape index (κ1) is 19.1. The number of nitrogens with zero attached hydrogens (tertiary/aromatic N) is 1. The number of carbonyl (C=O) groups is 1. The van der Waals surface area contributed by atoms with Crippen LogP contribution in [0.3, 0.4) is 0 Å². The van der Waals surface area contributed by atoms with Crippen LogP contribution in [0.5, 0.6) is 0 Å². The van der Waals surface area contributed by atoms with E-state index in [4.69, 9.17) is 0 Å². The third-order valence-corrected chi connectivity index (χ3v) is 7.54.